The SMILES string of the molecule is CCNc1nc(NCC2(CO)CCCC2)c2cn[nH]c2n1. The summed E-state index contributed by atoms with van der Waals surface area (Å²) in [6.45, 7) is 3.72. The molecule has 0 saturated heterocycles. The molecule has 1 aliphatic rings. The number of H-pyrrole nitrogens is 1. The van der Waals surface area contributed by atoms with Gasteiger partial charge < -0.3 is 15.7 Å². The van der Waals surface area contributed by atoms with E-state index >= 15 is 0 Å². The van der Waals surface area contributed by atoms with Crippen LogP contribution < -0.4 is 10.6 Å². The first-order valence-corrected chi connectivity index (χ1v) is 7.56. The van der Waals surface area contributed by atoms with Gasteiger partial charge >= 0.3 is 0 Å². The second kappa shape index (κ2) is 5.85. The quantitative estimate of drug-likeness (QED) is 0.647. The van der Waals surface area contributed by atoms with Gasteiger partial charge in [0.05, 0.1) is 18.2 Å². The molecule has 1 aliphatic carbocycles. The van der Waals surface area contributed by atoms with Gasteiger partial charge in [-0.1, -0.05) is 12.8 Å². The number of fused-ring (bicyclic) bond motifs is 1. The van der Waals surface area contributed by atoms with Crippen molar-refractivity contribution >= 4 is 22.8 Å². The van der Waals surface area contributed by atoms with Crippen LogP contribution >= 0.6 is 0 Å². The van der Waals surface area contributed by atoms with E-state index in [-0.39, 0.29) is 12.0 Å². The van der Waals surface area contributed by atoms with Crippen molar-refractivity contribution in [2.24, 2.45) is 5.41 Å². The number of nitrogens with zero attached hydrogens (tertiary/aromatic N) is 3. The van der Waals surface area contributed by atoms with E-state index < -0.39 is 0 Å². The highest BCUT2D eigenvalue weighted by atomic mass is 16.3. The van der Waals surface area contributed by atoms with Gasteiger partial charge in [-0.25, -0.2) is 0 Å². The van der Waals surface area contributed by atoms with Crippen LogP contribution in [0.4, 0.5) is 11.8 Å². The minimum Gasteiger partial charge on any atom is -0.396 e. The number of aromatic amines is 1. The summed E-state index contributed by atoms with van der Waals surface area (Å²) >= 11 is 0. The van der Waals surface area contributed by atoms with E-state index in [9.17, 15) is 5.11 Å². The molecule has 114 valence electrons. The molecule has 0 amide bonds. The molecule has 7 heteroatoms. The second-order valence-corrected chi connectivity index (χ2v) is 5.78. The molecule has 2 aromatic heterocycles. The molecule has 0 spiro atoms. The lowest BCUT2D eigenvalue weighted by Crippen LogP contribution is -2.30. The van der Waals surface area contributed by atoms with E-state index in [4.69, 9.17) is 0 Å². The maximum absolute atomic E-state index is 9.70. The van der Waals surface area contributed by atoms with Crippen LogP contribution in [0.5, 0.6) is 0 Å². The Morgan fingerprint density at radius 3 is 2.81 bits per heavy atom. The van der Waals surface area contributed by atoms with Gasteiger partial charge in [0.25, 0.3) is 0 Å². The molecule has 0 bridgehead atoms. The first-order valence-electron chi connectivity index (χ1n) is 7.56. The van der Waals surface area contributed by atoms with Crippen molar-refractivity contribution in [2.75, 3.05) is 30.3 Å². The number of aromatic nitrogens is 4. The Morgan fingerprint density at radius 1 is 1.29 bits per heavy atom. The summed E-state index contributed by atoms with van der Waals surface area (Å²) in [5, 5.41) is 24.0. The molecule has 2 heterocycles. The largest absolute Gasteiger partial charge is 0.396 e. The van der Waals surface area contributed by atoms with Crippen LogP contribution in [0.1, 0.15) is 32.6 Å². The lowest BCUT2D eigenvalue weighted by molar-refractivity contribution is 0.142. The monoisotopic (exact) mass is 290 g/mol. The Kier molecular flexibility index (Phi) is 3.92. The van der Waals surface area contributed by atoms with Gasteiger partial charge in [-0.15, -0.1) is 0 Å². The summed E-state index contributed by atoms with van der Waals surface area (Å²) in [6.07, 6.45) is 6.24. The third-order valence-corrected chi connectivity index (χ3v) is 4.28. The minimum atomic E-state index is -0.0145. The predicted molar refractivity (Wildman–Crippen MR) is 82.3 cm³/mol. The average molecular weight is 290 g/mol. The molecular formula is C14H22N6O. The third kappa shape index (κ3) is 2.78. The van der Waals surface area contributed by atoms with Crippen molar-refractivity contribution in [3.05, 3.63) is 6.20 Å². The van der Waals surface area contributed by atoms with Crippen molar-refractivity contribution in [2.45, 2.75) is 32.6 Å². The molecule has 21 heavy (non-hydrogen) atoms. The summed E-state index contributed by atoms with van der Waals surface area (Å²) in [5.74, 6) is 1.35. The van der Waals surface area contributed by atoms with Gasteiger partial charge in [0.15, 0.2) is 5.65 Å². The van der Waals surface area contributed by atoms with Crippen LogP contribution in [0.15, 0.2) is 6.20 Å². The zero-order valence-corrected chi connectivity index (χ0v) is 12.3. The van der Waals surface area contributed by atoms with Gasteiger partial charge in [0.1, 0.15) is 5.82 Å². The lowest BCUT2D eigenvalue weighted by Gasteiger charge is -2.27. The Bertz CT molecular complexity index is 605. The molecule has 0 radical (unpaired) electrons. The predicted octanol–water partition coefficient (Wildman–Crippen LogP) is 1.75. The topological polar surface area (TPSA) is 98.8 Å². The standard InChI is InChI=1S/C14H22N6O/c1-2-15-13-18-11(10-7-17-20-12(10)19-13)16-8-14(9-21)5-3-4-6-14/h7,21H,2-6,8-9H2,1H3,(H3,15,16,17,18,19,20). The fourth-order valence-electron chi connectivity index (χ4n) is 2.99. The number of nitrogens with one attached hydrogen (secondary N) is 3. The molecule has 3 rings (SSSR count). The van der Waals surface area contributed by atoms with Crippen molar-refractivity contribution in [1.82, 2.24) is 20.2 Å². The Morgan fingerprint density at radius 2 is 2.10 bits per heavy atom. The van der Waals surface area contributed by atoms with Crippen LogP contribution in [0.2, 0.25) is 0 Å². The molecule has 2 aromatic rings. The molecule has 0 aliphatic heterocycles. The lowest BCUT2D eigenvalue weighted by atomic mass is 9.87. The number of hydrogen-bond donors (Lipinski definition) is 4. The van der Waals surface area contributed by atoms with Gasteiger partial charge in [-0.3, -0.25) is 5.10 Å². The second-order valence-electron chi connectivity index (χ2n) is 5.78. The average Bonchev–Trinajstić information content (AvgIpc) is 3.15. The Hall–Kier alpha value is -1.89. The first kappa shape index (κ1) is 14.1. The highest BCUT2D eigenvalue weighted by Crippen LogP contribution is 2.38. The fraction of sp³-hybridized carbons (Fsp3) is 0.643. The summed E-state index contributed by atoms with van der Waals surface area (Å²) in [4.78, 5) is 8.89. The van der Waals surface area contributed by atoms with Crippen LogP contribution in [0.25, 0.3) is 11.0 Å². The summed E-state index contributed by atoms with van der Waals surface area (Å²) in [6, 6.07) is 0. The Labute approximate surface area is 123 Å². The van der Waals surface area contributed by atoms with E-state index in [1.54, 1.807) is 6.20 Å². The molecule has 0 unspecified atom stereocenters. The van der Waals surface area contributed by atoms with Crippen molar-refractivity contribution in [3.63, 3.8) is 0 Å². The zero-order chi connectivity index (χ0) is 14.7. The molecule has 0 atom stereocenters. The smallest absolute Gasteiger partial charge is 0.226 e. The first-order chi connectivity index (χ1) is 10.3. The molecular weight excluding hydrogens is 268 g/mol. The van der Waals surface area contributed by atoms with Crippen molar-refractivity contribution in [3.8, 4) is 0 Å². The number of anilines is 2. The Balaban J connectivity index is 1.83. The maximum atomic E-state index is 9.70. The summed E-state index contributed by atoms with van der Waals surface area (Å²) in [7, 11) is 0. The van der Waals surface area contributed by atoms with E-state index in [1.807, 2.05) is 6.92 Å². The summed E-state index contributed by atoms with van der Waals surface area (Å²) < 4.78 is 0. The minimum absolute atomic E-state index is 0.0145. The van der Waals surface area contributed by atoms with Crippen LogP contribution in [0, 0.1) is 5.41 Å². The van der Waals surface area contributed by atoms with Crippen molar-refractivity contribution < 1.29 is 5.11 Å². The summed E-state index contributed by atoms with van der Waals surface area (Å²) in [5.41, 5.74) is 0.701. The highest BCUT2D eigenvalue weighted by Gasteiger charge is 2.33. The van der Waals surface area contributed by atoms with Crippen LogP contribution in [-0.4, -0.2) is 45.0 Å². The molecule has 4 N–H and O–H groups in total. The number of hydrogen-bond acceptors (Lipinski definition) is 6. The highest BCUT2D eigenvalue weighted by molar-refractivity contribution is 5.86. The third-order valence-electron chi connectivity index (χ3n) is 4.28. The van der Waals surface area contributed by atoms with Crippen molar-refractivity contribution in [1.29, 1.82) is 0 Å². The van der Waals surface area contributed by atoms with Crippen LogP contribution in [-0.2, 0) is 0 Å². The number of aliphatic hydroxyl groups excluding tert-OH is 1. The van der Waals surface area contributed by atoms with Gasteiger partial charge in [0.2, 0.25) is 5.95 Å². The number of rotatable bonds is 6. The fourth-order valence-corrected chi connectivity index (χ4v) is 2.99. The van der Waals surface area contributed by atoms with Gasteiger partial charge in [-0.2, -0.15) is 15.1 Å². The molecule has 1 saturated carbocycles. The van der Waals surface area contributed by atoms with E-state index in [0.717, 1.165) is 37.1 Å². The number of aliphatic hydroxyl groups is 1. The normalized spacial score (nSPS) is 17.2. The zero-order valence-electron chi connectivity index (χ0n) is 12.3. The molecule has 1 fully saturated rings. The van der Waals surface area contributed by atoms with E-state index in [1.165, 1.54) is 12.8 Å². The van der Waals surface area contributed by atoms with Gasteiger partial charge in [0, 0.05) is 18.5 Å². The van der Waals surface area contributed by atoms with E-state index in [0.29, 0.717) is 11.6 Å². The maximum Gasteiger partial charge on any atom is 0.226 e. The van der Waals surface area contributed by atoms with Crippen LogP contribution in [0.3, 0.4) is 0 Å². The molecule has 0 aromatic carbocycles. The molecule has 7 nitrogen and oxygen atoms in total. The van der Waals surface area contributed by atoms with Gasteiger partial charge in [-0.05, 0) is 19.8 Å². The van der Waals surface area contributed by atoms with E-state index in [2.05, 4.69) is 30.8 Å².